The third-order valence-corrected chi connectivity index (χ3v) is 7.73. The van der Waals surface area contributed by atoms with E-state index in [1.54, 1.807) is 0 Å². The van der Waals surface area contributed by atoms with Gasteiger partial charge in [-0.15, -0.1) is 0 Å². The highest BCUT2D eigenvalue weighted by Crippen LogP contribution is 2.44. The predicted molar refractivity (Wildman–Crippen MR) is 126 cm³/mol. The van der Waals surface area contributed by atoms with Crippen LogP contribution in [0.4, 0.5) is 4.79 Å². The van der Waals surface area contributed by atoms with Crippen LogP contribution in [0.15, 0.2) is 48.5 Å². The largest absolute Gasteiger partial charge is 0.480 e. The number of fused-ring (bicyclic) bond motifs is 3. The fraction of sp³-hybridized carbons (Fsp3) is 0.444. The molecule has 0 saturated heterocycles. The first-order chi connectivity index (χ1) is 16.5. The molecule has 2 aromatic carbocycles. The van der Waals surface area contributed by atoms with E-state index in [2.05, 4.69) is 34.9 Å². The van der Waals surface area contributed by atoms with E-state index in [1.807, 2.05) is 24.3 Å². The van der Waals surface area contributed by atoms with Crippen molar-refractivity contribution in [3.63, 3.8) is 0 Å². The maximum atomic E-state index is 13.0. The zero-order valence-corrected chi connectivity index (χ0v) is 19.1. The molecule has 178 valence electrons. The molecule has 0 aromatic heterocycles. The number of amides is 2. The van der Waals surface area contributed by atoms with Crippen molar-refractivity contribution >= 4 is 18.0 Å². The van der Waals surface area contributed by atoms with Crippen LogP contribution >= 0.6 is 0 Å². The third-order valence-electron chi connectivity index (χ3n) is 7.73. The van der Waals surface area contributed by atoms with E-state index < -0.39 is 23.5 Å². The van der Waals surface area contributed by atoms with Gasteiger partial charge in [-0.05, 0) is 47.9 Å². The predicted octanol–water partition coefficient (Wildman–Crippen LogP) is 4.21. The van der Waals surface area contributed by atoms with Gasteiger partial charge in [0.1, 0.15) is 12.1 Å². The quantitative estimate of drug-likeness (QED) is 0.597. The number of nitrogens with one attached hydrogen (secondary N) is 2. The molecule has 0 unspecified atom stereocenters. The lowest BCUT2D eigenvalue weighted by atomic mass is 9.94. The molecule has 0 spiro atoms. The number of benzene rings is 2. The first kappa shape index (κ1) is 22.4. The number of hydrogen-bond donors (Lipinski definition) is 3. The fourth-order valence-electron chi connectivity index (χ4n) is 5.94. The number of carbonyl (C=O) groups excluding carboxylic acids is 2. The summed E-state index contributed by atoms with van der Waals surface area (Å²) in [7, 11) is 0. The van der Waals surface area contributed by atoms with Crippen LogP contribution in [0, 0.1) is 5.92 Å². The zero-order chi connectivity index (χ0) is 23.7. The van der Waals surface area contributed by atoms with Crippen molar-refractivity contribution in [3.8, 4) is 11.1 Å². The van der Waals surface area contributed by atoms with Crippen molar-refractivity contribution in [2.45, 2.75) is 62.4 Å². The molecule has 3 aliphatic rings. The average molecular weight is 463 g/mol. The summed E-state index contributed by atoms with van der Waals surface area (Å²) in [6, 6.07) is 16.0. The first-order valence-corrected chi connectivity index (χ1v) is 12.2. The van der Waals surface area contributed by atoms with Gasteiger partial charge < -0.3 is 20.5 Å². The topological polar surface area (TPSA) is 105 Å². The molecular weight excluding hydrogens is 432 g/mol. The monoisotopic (exact) mass is 462 g/mol. The Labute approximate surface area is 198 Å². The Hall–Kier alpha value is -3.35. The maximum Gasteiger partial charge on any atom is 0.407 e. The summed E-state index contributed by atoms with van der Waals surface area (Å²) in [6.07, 6.45) is 4.03. The number of ether oxygens (including phenoxy) is 1. The molecule has 2 atom stereocenters. The first-order valence-electron chi connectivity index (χ1n) is 12.2. The molecule has 0 heterocycles. The zero-order valence-electron chi connectivity index (χ0n) is 19.1. The molecule has 0 aliphatic heterocycles. The van der Waals surface area contributed by atoms with Gasteiger partial charge in [0.25, 0.3) is 0 Å². The minimum absolute atomic E-state index is 0.0291. The Bertz CT molecular complexity index is 1060. The summed E-state index contributed by atoms with van der Waals surface area (Å²) in [5, 5.41) is 15.4. The average Bonchev–Trinajstić information content (AvgIpc) is 3.56. The molecule has 2 aromatic rings. The van der Waals surface area contributed by atoms with Gasteiger partial charge in [-0.3, -0.25) is 4.79 Å². The molecule has 0 bridgehead atoms. The lowest BCUT2D eigenvalue weighted by Gasteiger charge is -2.29. The summed E-state index contributed by atoms with van der Waals surface area (Å²) in [5.41, 5.74) is 3.45. The van der Waals surface area contributed by atoms with E-state index in [0.29, 0.717) is 25.7 Å². The van der Waals surface area contributed by atoms with Crippen molar-refractivity contribution in [2.75, 3.05) is 6.61 Å². The van der Waals surface area contributed by atoms with Gasteiger partial charge >= 0.3 is 12.1 Å². The lowest BCUT2D eigenvalue weighted by molar-refractivity contribution is -0.148. The van der Waals surface area contributed by atoms with Gasteiger partial charge in [0.05, 0.1) is 5.92 Å². The molecule has 2 fully saturated rings. The van der Waals surface area contributed by atoms with Gasteiger partial charge in [0.15, 0.2) is 0 Å². The summed E-state index contributed by atoms with van der Waals surface area (Å²) in [4.78, 5) is 37.5. The molecule has 3 aliphatic carbocycles. The maximum absolute atomic E-state index is 13.0. The summed E-state index contributed by atoms with van der Waals surface area (Å²) in [6.45, 7) is 0.214. The Morgan fingerprint density at radius 3 is 2.15 bits per heavy atom. The van der Waals surface area contributed by atoms with Crippen LogP contribution in [-0.4, -0.2) is 41.3 Å². The van der Waals surface area contributed by atoms with Crippen LogP contribution in [0.1, 0.15) is 62.0 Å². The smallest absolute Gasteiger partial charge is 0.407 e. The second kappa shape index (κ2) is 9.12. The van der Waals surface area contributed by atoms with E-state index in [4.69, 9.17) is 4.74 Å². The highest BCUT2D eigenvalue weighted by atomic mass is 16.5. The van der Waals surface area contributed by atoms with Crippen LogP contribution in [-0.2, 0) is 14.3 Å². The standard InChI is InChI=1S/C27H30N2O5/c30-24(29-27(25(31)32)14-5-6-15-27)21-12-7-13-23(21)28-26(33)34-16-22-19-10-3-1-8-17(19)18-9-2-4-11-20(18)22/h1-4,8-11,21-23H,5-7,12-16H2,(H,28,33)(H,29,30)(H,31,32)/t21-,23+/m1/s1. The van der Waals surface area contributed by atoms with Crippen LogP contribution < -0.4 is 10.6 Å². The Balaban J connectivity index is 1.21. The molecule has 2 amide bonds. The number of carboxylic acid groups (broad SMARTS) is 1. The second-order valence-corrected chi connectivity index (χ2v) is 9.70. The van der Waals surface area contributed by atoms with E-state index in [9.17, 15) is 19.5 Å². The highest BCUT2D eigenvalue weighted by molar-refractivity contribution is 5.89. The van der Waals surface area contributed by atoms with Crippen molar-refractivity contribution < 1.29 is 24.2 Å². The highest BCUT2D eigenvalue weighted by Gasteiger charge is 2.45. The van der Waals surface area contributed by atoms with Crippen LogP contribution in [0.3, 0.4) is 0 Å². The normalized spacial score (nSPS) is 22.6. The van der Waals surface area contributed by atoms with Crippen molar-refractivity contribution in [3.05, 3.63) is 59.7 Å². The van der Waals surface area contributed by atoms with E-state index in [-0.39, 0.29) is 24.5 Å². The van der Waals surface area contributed by atoms with E-state index >= 15 is 0 Å². The molecule has 5 rings (SSSR count). The van der Waals surface area contributed by atoms with Crippen LogP contribution in [0.5, 0.6) is 0 Å². The number of aliphatic carboxylic acids is 1. The van der Waals surface area contributed by atoms with Crippen molar-refractivity contribution in [2.24, 2.45) is 5.92 Å². The van der Waals surface area contributed by atoms with Gasteiger partial charge in [-0.25, -0.2) is 9.59 Å². The molecule has 7 heteroatoms. The Kier molecular flexibility index (Phi) is 6.02. The number of carboxylic acids is 1. The lowest BCUT2D eigenvalue weighted by Crippen LogP contribution is -2.56. The van der Waals surface area contributed by atoms with Gasteiger partial charge in [0, 0.05) is 12.0 Å². The van der Waals surface area contributed by atoms with Crippen LogP contribution in [0.25, 0.3) is 11.1 Å². The second-order valence-electron chi connectivity index (χ2n) is 9.70. The minimum Gasteiger partial charge on any atom is -0.480 e. The number of hydrogen-bond acceptors (Lipinski definition) is 4. The Morgan fingerprint density at radius 1 is 0.912 bits per heavy atom. The fourth-order valence-corrected chi connectivity index (χ4v) is 5.94. The minimum atomic E-state index is -1.17. The SMILES string of the molecule is O=C(N[C@H]1CCC[C@H]1C(=O)NC1(C(=O)O)CCCC1)OCC1c2ccccc2-c2ccccc21. The third kappa shape index (κ3) is 4.04. The van der Waals surface area contributed by atoms with Crippen molar-refractivity contribution in [1.82, 2.24) is 10.6 Å². The van der Waals surface area contributed by atoms with E-state index in [1.165, 1.54) is 11.1 Å². The molecule has 2 saturated carbocycles. The molecule has 0 radical (unpaired) electrons. The molecule has 34 heavy (non-hydrogen) atoms. The molecular formula is C27H30N2O5. The molecule has 3 N–H and O–H groups in total. The van der Waals surface area contributed by atoms with Gasteiger partial charge in [-0.2, -0.15) is 0 Å². The van der Waals surface area contributed by atoms with Crippen LogP contribution in [0.2, 0.25) is 0 Å². The number of rotatable bonds is 6. The summed E-state index contributed by atoms with van der Waals surface area (Å²) in [5.74, 6) is -1.74. The van der Waals surface area contributed by atoms with Gasteiger partial charge in [0.2, 0.25) is 5.91 Å². The van der Waals surface area contributed by atoms with E-state index in [0.717, 1.165) is 30.4 Å². The number of carbonyl (C=O) groups is 3. The number of alkyl carbamates (subject to hydrolysis) is 1. The Morgan fingerprint density at radius 2 is 1.53 bits per heavy atom. The molecule has 7 nitrogen and oxygen atoms in total. The summed E-state index contributed by atoms with van der Waals surface area (Å²) < 4.78 is 5.65. The van der Waals surface area contributed by atoms with Crippen molar-refractivity contribution in [1.29, 1.82) is 0 Å². The summed E-state index contributed by atoms with van der Waals surface area (Å²) >= 11 is 0. The van der Waals surface area contributed by atoms with Gasteiger partial charge in [-0.1, -0.05) is 67.8 Å².